The highest BCUT2D eigenvalue weighted by molar-refractivity contribution is 14.0. The molecule has 1 aliphatic carbocycles. The second kappa shape index (κ2) is 9.05. The van der Waals surface area contributed by atoms with E-state index in [1.807, 2.05) is 19.1 Å². The first-order valence-electron chi connectivity index (χ1n) is 9.00. The number of aliphatic hydroxyl groups is 1. The van der Waals surface area contributed by atoms with Crippen LogP contribution in [0.2, 0.25) is 0 Å². The quantitative estimate of drug-likeness (QED) is 0.318. The van der Waals surface area contributed by atoms with Gasteiger partial charge in [0.25, 0.3) is 0 Å². The van der Waals surface area contributed by atoms with E-state index in [1.165, 1.54) is 18.4 Å². The highest BCUT2D eigenvalue weighted by atomic mass is 127. The number of aliphatic imine (C=N–C) groups is 1. The summed E-state index contributed by atoms with van der Waals surface area (Å²) in [5, 5.41) is 17.1. The molecule has 5 nitrogen and oxygen atoms in total. The van der Waals surface area contributed by atoms with Crippen molar-refractivity contribution in [2.24, 2.45) is 4.99 Å². The molecule has 0 radical (unpaired) electrons. The molecule has 3 rings (SSSR count). The van der Waals surface area contributed by atoms with E-state index in [4.69, 9.17) is 4.42 Å². The van der Waals surface area contributed by atoms with Crippen molar-refractivity contribution in [1.82, 2.24) is 10.6 Å². The Kier molecular flexibility index (Phi) is 7.27. The Morgan fingerprint density at radius 1 is 1.26 bits per heavy atom. The molecule has 0 aliphatic heterocycles. The van der Waals surface area contributed by atoms with Crippen LogP contribution < -0.4 is 10.6 Å². The lowest BCUT2D eigenvalue weighted by Gasteiger charge is -2.21. The maximum absolute atomic E-state index is 13.2. The second-order valence-corrected chi connectivity index (χ2v) is 7.09. The number of hydrogen-bond donors (Lipinski definition) is 3. The molecular formula is C20H27FIN3O2. The van der Waals surface area contributed by atoms with E-state index in [0.717, 1.165) is 24.9 Å². The van der Waals surface area contributed by atoms with Gasteiger partial charge in [0.15, 0.2) is 5.96 Å². The number of nitrogens with one attached hydrogen (secondary N) is 2. The summed E-state index contributed by atoms with van der Waals surface area (Å²) in [7, 11) is 0. The predicted octanol–water partition coefficient (Wildman–Crippen LogP) is 3.53. The molecule has 1 saturated carbocycles. The van der Waals surface area contributed by atoms with Crippen molar-refractivity contribution in [2.75, 3.05) is 19.6 Å². The van der Waals surface area contributed by atoms with Crippen LogP contribution in [0.4, 0.5) is 4.39 Å². The number of halogens is 2. The van der Waals surface area contributed by atoms with E-state index in [1.54, 1.807) is 19.1 Å². The van der Waals surface area contributed by atoms with Crippen LogP contribution in [0, 0.1) is 5.82 Å². The molecule has 1 aliphatic rings. The molecule has 7 heteroatoms. The van der Waals surface area contributed by atoms with Crippen LogP contribution in [-0.4, -0.2) is 30.7 Å². The smallest absolute Gasteiger partial charge is 0.191 e. The average Bonchev–Trinajstić information content (AvgIpc) is 3.19. The summed E-state index contributed by atoms with van der Waals surface area (Å²) in [5.41, 5.74) is 0.0119. The van der Waals surface area contributed by atoms with Crippen molar-refractivity contribution < 1.29 is 13.9 Å². The first-order valence-corrected chi connectivity index (χ1v) is 9.00. The van der Waals surface area contributed by atoms with Crippen LogP contribution in [0.15, 0.2) is 52.1 Å². The Morgan fingerprint density at radius 3 is 2.52 bits per heavy atom. The van der Waals surface area contributed by atoms with Gasteiger partial charge in [0.05, 0.1) is 12.8 Å². The van der Waals surface area contributed by atoms with Crippen molar-refractivity contribution in [3.05, 3.63) is 59.8 Å². The standard InChI is InChI=1S/C20H26FN3O2.HI/c1-3-22-18(23-13-19(2,25)17-5-4-12-26-17)24-14-20(10-11-20)15-6-8-16(21)9-7-15;/h4-9,12,25H,3,10-11,13-14H2,1-2H3,(H2,22,23,24);1H. The van der Waals surface area contributed by atoms with Crippen molar-refractivity contribution in [2.45, 2.75) is 37.7 Å². The molecule has 27 heavy (non-hydrogen) atoms. The summed E-state index contributed by atoms with van der Waals surface area (Å²) in [5.74, 6) is 0.919. The molecule has 0 saturated heterocycles. The van der Waals surface area contributed by atoms with Crippen molar-refractivity contribution in [1.29, 1.82) is 0 Å². The first-order chi connectivity index (χ1) is 12.5. The molecular weight excluding hydrogens is 460 g/mol. The molecule has 1 aromatic carbocycles. The van der Waals surface area contributed by atoms with Crippen molar-refractivity contribution in [3.63, 3.8) is 0 Å². The van der Waals surface area contributed by atoms with Gasteiger partial charge in [-0.25, -0.2) is 9.38 Å². The molecule has 0 amide bonds. The van der Waals surface area contributed by atoms with E-state index < -0.39 is 5.60 Å². The largest absolute Gasteiger partial charge is 0.466 e. The molecule has 1 atom stereocenters. The lowest BCUT2D eigenvalue weighted by Crippen LogP contribution is -2.42. The maximum atomic E-state index is 13.2. The van der Waals surface area contributed by atoms with Crippen LogP contribution in [0.25, 0.3) is 0 Å². The zero-order chi connectivity index (χ0) is 18.6. The number of guanidine groups is 1. The number of hydrogen-bond acceptors (Lipinski definition) is 3. The summed E-state index contributed by atoms with van der Waals surface area (Å²) in [6.07, 6.45) is 3.67. The van der Waals surface area contributed by atoms with Crippen molar-refractivity contribution in [3.8, 4) is 0 Å². The summed E-state index contributed by atoms with van der Waals surface area (Å²) >= 11 is 0. The van der Waals surface area contributed by atoms with Gasteiger partial charge in [-0.1, -0.05) is 12.1 Å². The number of rotatable bonds is 7. The molecule has 2 aromatic rings. The fraction of sp³-hybridized carbons (Fsp3) is 0.450. The topological polar surface area (TPSA) is 69.8 Å². The molecule has 0 spiro atoms. The third kappa shape index (κ3) is 5.44. The lowest BCUT2D eigenvalue weighted by molar-refractivity contribution is 0.0437. The maximum Gasteiger partial charge on any atom is 0.191 e. The molecule has 148 valence electrons. The summed E-state index contributed by atoms with van der Waals surface area (Å²) in [6, 6.07) is 10.2. The monoisotopic (exact) mass is 487 g/mol. The minimum Gasteiger partial charge on any atom is -0.466 e. The van der Waals surface area contributed by atoms with Gasteiger partial charge in [0, 0.05) is 18.5 Å². The van der Waals surface area contributed by atoms with E-state index in [2.05, 4.69) is 15.6 Å². The van der Waals surface area contributed by atoms with Gasteiger partial charge in [-0.05, 0) is 56.5 Å². The van der Waals surface area contributed by atoms with Gasteiger partial charge < -0.3 is 20.2 Å². The molecule has 0 bridgehead atoms. The Bertz CT molecular complexity index is 741. The number of nitrogens with zero attached hydrogens (tertiary/aromatic N) is 1. The van der Waals surface area contributed by atoms with Gasteiger partial charge in [0.1, 0.15) is 17.2 Å². The third-order valence-corrected chi connectivity index (χ3v) is 4.85. The van der Waals surface area contributed by atoms with Gasteiger partial charge in [-0.2, -0.15) is 0 Å². The number of furan rings is 1. The second-order valence-electron chi connectivity index (χ2n) is 7.09. The first kappa shape index (κ1) is 21.7. The van der Waals surface area contributed by atoms with E-state index in [-0.39, 0.29) is 41.8 Å². The zero-order valence-electron chi connectivity index (χ0n) is 15.7. The van der Waals surface area contributed by atoms with Gasteiger partial charge in [-0.15, -0.1) is 24.0 Å². The molecule has 3 N–H and O–H groups in total. The highest BCUT2D eigenvalue weighted by Crippen LogP contribution is 2.47. The van der Waals surface area contributed by atoms with E-state index in [0.29, 0.717) is 18.3 Å². The number of benzene rings is 1. The molecule has 1 aromatic heterocycles. The predicted molar refractivity (Wildman–Crippen MR) is 115 cm³/mol. The van der Waals surface area contributed by atoms with Crippen LogP contribution in [0.5, 0.6) is 0 Å². The Balaban J connectivity index is 0.00000261. The minimum atomic E-state index is -1.17. The summed E-state index contributed by atoms with van der Waals surface area (Å²) in [6.45, 7) is 5.29. The zero-order valence-corrected chi connectivity index (χ0v) is 18.0. The molecule has 1 heterocycles. The van der Waals surface area contributed by atoms with Gasteiger partial charge in [0.2, 0.25) is 0 Å². The Labute approximate surface area is 176 Å². The Hall–Kier alpha value is -1.61. The highest BCUT2D eigenvalue weighted by Gasteiger charge is 2.44. The summed E-state index contributed by atoms with van der Waals surface area (Å²) < 4.78 is 18.5. The van der Waals surface area contributed by atoms with Crippen LogP contribution in [0.1, 0.15) is 38.0 Å². The minimum absolute atomic E-state index is 0. The fourth-order valence-electron chi connectivity index (χ4n) is 3.01. The van der Waals surface area contributed by atoms with Crippen molar-refractivity contribution >= 4 is 29.9 Å². The SMILES string of the molecule is CCNC(=NCC(C)(O)c1ccco1)NCC1(c2ccc(F)cc2)CC1.I. The molecule has 1 fully saturated rings. The lowest BCUT2D eigenvalue weighted by atomic mass is 9.96. The average molecular weight is 487 g/mol. The van der Waals surface area contributed by atoms with Crippen LogP contribution >= 0.6 is 24.0 Å². The van der Waals surface area contributed by atoms with Crippen LogP contribution in [0.3, 0.4) is 0 Å². The fourth-order valence-corrected chi connectivity index (χ4v) is 3.01. The third-order valence-electron chi connectivity index (χ3n) is 4.85. The molecule has 1 unspecified atom stereocenters. The van der Waals surface area contributed by atoms with Crippen LogP contribution in [-0.2, 0) is 11.0 Å². The van der Waals surface area contributed by atoms with Gasteiger partial charge in [-0.3, -0.25) is 0 Å². The van der Waals surface area contributed by atoms with Gasteiger partial charge >= 0.3 is 0 Å². The Morgan fingerprint density at radius 2 is 1.96 bits per heavy atom. The summed E-state index contributed by atoms with van der Waals surface area (Å²) in [4.78, 5) is 4.50. The van der Waals surface area contributed by atoms with E-state index in [9.17, 15) is 9.50 Å². The van der Waals surface area contributed by atoms with E-state index >= 15 is 0 Å². The normalized spacial score (nSPS) is 17.6.